The Balaban J connectivity index is 1.89. The lowest BCUT2D eigenvalue weighted by molar-refractivity contribution is -0.144. The Kier molecular flexibility index (Phi) is 4.73. The van der Waals surface area contributed by atoms with E-state index >= 15 is 0 Å². The van der Waals surface area contributed by atoms with E-state index in [-0.39, 0.29) is 29.7 Å². The zero-order valence-corrected chi connectivity index (χ0v) is 17.3. The summed E-state index contributed by atoms with van der Waals surface area (Å²) >= 11 is 0. The normalized spacial score (nSPS) is 27.9. The summed E-state index contributed by atoms with van der Waals surface area (Å²) in [7, 11) is 0. The molecule has 1 amide bonds. The number of amides is 1. The van der Waals surface area contributed by atoms with Gasteiger partial charge in [-0.15, -0.1) is 0 Å². The van der Waals surface area contributed by atoms with Crippen LogP contribution in [-0.2, 0) is 22.4 Å². The molecule has 8 nitrogen and oxygen atoms in total. The molecule has 1 aromatic rings. The van der Waals surface area contributed by atoms with E-state index in [1.165, 1.54) is 6.07 Å². The van der Waals surface area contributed by atoms with Gasteiger partial charge >= 0.3 is 0 Å². The molecule has 0 aromatic heterocycles. The molecule has 6 N–H and O–H groups in total. The first-order valence-electron chi connectivity index (χ1n) is 10.3. The summed E-state index contributed by atoms with van der Waals surface area (Å²) in [6.07, 6.45) is 0.948. The van der Waals surface area contributed by atoms with Gasteiger partial charge in [-0.1, -0.05) is 19.9 Å². The predicted octanol–water partition coefficient (Wildman–Crippen LogP) is 1.78. The van der Waals surface area contributed by atoms with E-state index in [2.05, 4.69) is 0 Å². The van der Waals surface area contributed by atoms with Gasteiger partial charge in [0.05, 0.1) is 5.56 Å². The van der Waals surface area contributed by atoms with Crippen molar-refractivity contribution in [2.75, 3.05) is 0 Å². The van der Waals surface area contributed by atoms with Crippen molar-refractivity contribution in [3.8, 4) is 5.75 Å². The summed E-state index contributed by atoms with van der Waals surface area (Å²) in [6, 6.07) is 3.22. The summed E-state index contributed by atoms with van der Waals surface area (Å²) in [4.78, 5) is 37.9. The highest BCUT2D eigenvalue weighted by molar-refractivity contribution is 6.24. The molecule has 31 heavy (non-hydrogen) atoms. The van der Waals surface area contributed by atoms with Crippen LogP contribution in [0.2, 0.25) is 0 Å². The number of hydrogen-bond donors (Lipinski definition) is 5. The summed E-state index contributed by atoms with van der Waals surface area (Å²) in [6.45, 7) is 4.09. The molecular formula is C23H25NO7. The third-order valence-electron chi connectivity index (χ3n) is 6.67. The average Bonchev–Trinajstić information content (AvgIpc) is 2.66. The minimum absolute atomic E-state index is 0.0646. The van der Waals surface area contributed by atoms with Crippen molar-refractivity contribution in [2.24, 2.45) is 23.5 Å². The van der Waals surface area contributed by atoms with Gasteiger partial charge in [0.15, 0.2) is 11.4 Å². The Labute approximate surface area is 178 Å². The number of hydrogen-bond acceptors (Lipinski definition) is 7. The summed E-state index contributed by atoms with van der Waals surface area (Å²) in [5.74, 6) is -5.77. The highest BCUT2D eigenvalue weighted by Gasteiger charge is 2.59. The van der Waals surface area contributed by atoms with Crippen molar-refractivity contribution in [1.29, 1.82) is 0 Å². The monoisotopic (exact) mass is 427 g/mol. The quantitative estimate of drug-likeness (QED) is 0.460. The summed E-state index contributed by atoms with van der Waals surface area (Å²) in [5, 5.41) is 42.7. The molecule has 0 spiro atoms. The second kappa shape index (κ2) is 6.95. The Bertz CT molecular complexity index is 1100. The van der Waals surface area contributed by atoms with Crippen LogP contribution in [0.15, 0.2) is 34.8 Å². The van der Waals surface area contributed by atoms with Crippen molar-refractivity contribution >= 4 is 17.5 Å². The highest BCUT2D eigenvalue weighted by Crippen LogP contribution is 2.51. The number of aromatic hydroxyl groups is 1. The molecule has 8 heteroatoms. The van der Waals surface area contributed by atoms with E-state index in [1.807, 2.05) is 13.8 Å². The number of benzene rings is 1. The van der Waals surface area contributed by atoms with Crippen LogP contribution in [0.25, 0.3) is 0 Å². The molecule has 0 heterocycles. The molecule has 3 aliphatic rings. The number of phenolic OH excluding ortho intramolecular Hbond substituents is 1. The molecule has 0 radical (unpaired) electrons. The van der Waals surface area contributed by atoms with Crippen molar-refractivity contribution in [3.63, 3.8) is 0 Å². The first-order valence-corrected chi connectivity index (χ1v) is 10.3. The molecule has 0 bridgehead atoms. The SMILES string of the molecule is CC(C)Cc1ccc(O)c2c1C[C@H]1C[C@H]3CC(O)=C(C(N)=O)C(=O)[C@@]3(O)C(O)=C1C2=O. The minimum atomic E-state index is -2.53. The molecule has 0 unspecified atom stereocenters. The van der Waals surface area contributed by atoms with Crippen LogP contribution in [-0.4, -0.2) is 43.5 Å². The van der Waals surface area contributed by atoms with E-state index in [1.54, 1.807) is 6.07 Å². The van der Waals surface area contributed by atoms with Crippen LogP contribution in [0.5, 0.6) is 5.75 Å². The lowest BCUT2D eigenvalue weighted by Gasteiger charge is -2.45. The average molecular weight is 427 g/mol. The van der Waals surface area contributed by atoms with Crippen molar-refractivity contribution < 1.29 is 34.8 Å². The van der Waals surface area contributed by atoms with Gasteiger partial charge in [-0.2, -0.15) is 0 Å². The molecule has 0 aliphatic heterocycles. The number of ketones is 2. The van der Waals surface area contributed by atoms with Gasteiger partial charge in [-0.25, -0.2) is 0 Å². The number of fused-ring (bicyclic) bond motifs is 3. The Morgan fingerprint density at radius 1 is 1.19 bits per heavy atom. The number of aliphatic hydroxyl groups is 3. The second-order valence-corrected chi connectivity index (χ2v) is 9.11. The molecule has 0 saturated carbocycles. The number of rotatable bonds is 3. The number of aliphatic hydroxyl groups excluding tert-OH is 2. The molecule has 3 aliphatic carbocycles. The highest BCUT2D eigenvalue weighted by atomic mass is 16.3. The maximum absolute atomic E-state index is 13.4. The molecule has 164 valence electrons. The number of phenols is 1. The largest absolute Gasteiger partial charge is 0.511 e. The van der Waals surface area contributed by atoms with E-state index in [0.29, 0.717) is 24.3 Å². The van der Waals surface area contributed by atoms with Gasteiger partial charge in [-0.3, -0.25) is 14.4 Å². The fraction of sp³-hybridized carbons (Fsp3) is 0.435. The van der Waals surface area contributed by atoms with E-state index < -0.39 is 52.0 Å². The number of Topliss-reactive ketones (excluding diaryl/α,β-unsaturated/α-hetero) is 2. The number of allylic oxidation sites excluding steroid dienone is 2. The van der Waals surface area contributed by atoms with Crippen LogP contribution in [0, 0.1) is 17.8 Å². The van der Waals surface area contributed by atoms with Gasteiger partial charge in [0.1, 0.15) is 22.8 Å². The summed E-state index contributed by atoms with van der Waals surface area (Å²) < 4.78 is 0. The first kappa shape index (κ1) is 21.1. The fourth-order valence-corrected chi connectivity index (χ4v) is 5.31. The maximum atomic E-state index is 13.4. The molecule has 4 rings (SSSR count). The Morgan fingerprint density at radius 2 is 1.87 bits per heavy atom. The minimum Gasteiger partial charge on any atom is -0.511 e. The van der Waals surface area contributed by atoms with Crippen molar-refractivity contribution in [2.45, 2.75) is 45.1 Å². The van der Waals surface area contributed by atoms with Gasteiger partial charge in [0.25, 0.3) is 5.91 Å². The van der Waals surface area contributed by atoms with Crippen LogP contribution >= 0.6 is 0 Å². The zero-order chi connectivity index (χ0) is 22.8. The second-order valence-electron chi connectivity index (χ2n) is 9.11. The van der Waals surface area contributed by atoms with Crippen LogP contribution in [0.3, 0.4) is 0 Å². The lowest BCUT2D eigenvalue weighted by Crippen LogP contribution is -2.57. The van der Waals surface area contributed by atoms with Gasteiger partial charge in [0.2, 0.25) is 5.78 Å². The Hall–Kier alpha value is -3.13. The van der Waals surface area contributed by atoms with Gasteiger partial charge in [-0.05, 0) is 48.3 Å². The smallest absolute Gasteiger partial charge is 0.255 e. The van der Waals surface area contributed by atoms with Gasteiger partial charge in [0, 0.05) is 17.9 Å². The third kappa shape index (κ3) is 2.89. The number of carbonyl (C=O) groups is 3. The number of nitrogens with two attached hydrogens (primary N) is 1. The van der Waals surface area contributed by atoms with E-state index in [4.69, 9.17) is 5.73 Å². The number of primary amides is 1. The predicted molar refractivity (Wildman–Crippen MR) is 109 cm³/mol. The molecule has 1 aromatic carbocycles. The molecule has 0 fully saturated rings. The molecule has 0 saturated heterocycles. The first-order chi connectivity index (χ1) is 14.5. The molecular weight excluding hydrogens is 402 g/mol. The lowest BCUT2D eigenvalue weighted by atomic mass is 9.60. The van der Waals surface area contributed by atoms with Crippen LogP contribution in [0.1, 0.15) is 48.2 Å². The van der Waals surface area contributed by atoms with Crippen LogP contribution in [0.4, 0.5) is 0 Å². The Morgan fingerprint density at radius 3 is 2.48 bits per heavy atom. The topological polar surface area (TPSA) is 158 Å². The maximum Gasteiger partial charge on any atom is 0.255 e. The standard InChI is InChI=1S/C23H25NO7/c1-9(2)5-10-3-4-14(25)17-13(10)7-11-6-12-8-15(26)18(22(24)30)21(29)23(12,31)20(28)16(11)19(17)27/h3-4,9,11-12,25-26,28,31H,5-8H2,1-2H3,(H2,24,30)/t11-,12+,23+/m1/s1. The van der Waals surface area contributed by atoms with Gasteiger partial charge < -0.3 is 26.2 Å². The van der Waals surface area contributed by atoms with E-state index in [0.717, 1.165) is 5.56 Å². The fourth-order valence-electron chi connectivity index (χ4n) is 5.31. The van der Waals surface area contributed by atoms with E-state index in [9.17, 15) is 34.8 Å². The van der Waals surface area contributed by atoms with Crippen LogP contribution < -0.4 is 5.73 Å². The number of carbonyl (C=O) groups excluding carboxylic acids is 3. The van der Waals surface area contributed by atoms with Crippen molar-refractivity contribution in [1.82, 2.24) is 0 Å². The molecule has 3 atom stereocenters. The zero-order valence-electron chi connectivity index (χ0n) is 17.3. The summed E-state index contributed by atoms with van der Waals surface area (Å²) in [5.41, 5.74) is 3.44. The van der Waals surface area contributed by atoms with Crippen molar-refractivity contribution in [3.05, 3.63) is 51.5 Å². The third-order valence-corrected chi connectivity index (χ3v) is 6.67.